The monoisotopic (exact) mass is 357 g/mol. The van der Waals surface area contributed by atoms with Crippen LogP contribution in [0.25, 0.3) is 5.65 Å². The molecule has 0 aliphatic carbocycles. The van der Waals surface area contributed by atoms with Crippen LogP contribution < -0.4 is 15.8 Å². The van der Waals surface area contributed by atoms with E-state index in [0.717, 1.165) is 22.6 Å². The summed E-state index contributed by atoms with van der Waals surface area (Å²) >= 11 is 6.09. The summed E-state index contributed by atoms with van der Waals surface area (Å²) in [6.45, 7) is 2.60. The van der Waals surface area contributed by atoms with E-state index in [9.17, 15) is 0 Å². The highest BCUT2D eigenvalue weighted by atomic mass is 35.5. The molecule has 2 heterocycles. The van der Waals surface area contributed by atoms with Gasteiger partial charge >= 0.3 is 0 Å². The van der Waals surface area contributed by atoms with Gasteiger partial charge in [0.05, 0.1) is 17.8 Å². The number of aliphatic imine (C=N–C) groups is 1. The second-order valence-electron chi connectivity index (χ2n) is 5.65. The summed E-state index contributed by atoms with van der Waals surface area (Å²) in [5.41, 5.74) is 9.79. The molecule has 0 aliphatic heterocycles. The number of nitrogens with one attached hydrogen (secondary N) is 1. The number of ether oxygens (including phenoxy) is 1. The number of methoxy groups -OCH3 is 1. The molecule has 0 unspecified atom stereocenters. The Labute approximate surface area is 151 Å². The van der Waals surface area contributed by atoms with Crippen LogP contribution in [-0.2, 0) is 6.42 Å². The van der Waals surface area contributed by atoms with Gasteiger partial charge in [0, 0.05) is 31.0 Å². The number of nitrogens with zero attached hydrogens (tertiary/aromatic N) is 3. The predicted octanol–water partition coefficient (Wildman–Crippen LogP) is 3.27. The second kappa shape index (κ2) is 7.44. The van der Waals surface area contributed by atoms with Gasteiger partial charge in [-0.2, -0.15) is 0 Å². The van der Waals surface area contributed by atoms with Crippen molar-refractivity contribution in [2.24, 2.45) is 10.7 Å². The van der Waals surface area contributed by atoms with Crippen molar-refractivity contribution in [3.05, 3.63) is 59.0 Å². The number of hydrogen-bond acceptors (Lipinski definition) is 3. The zero-order chi connectivity index (χ0) is 17.8. The number of anilines is 1. The Balaban J connectivity index is 1.61. The Morgan fingerprint density at radius 1 is 1.40 bits per heavy atom. The van der Waals surface area contributed by atoms with Crippen LogP contribution in [-0.4, -0.2) is 29.0 Å². The number of pyridine rings is 1. The molecule has 0 saturated carbocycles. The zero-order valence-corrected chi connectivity index (χ0v) is 14.9. The molecule has 0 aliphatic rings. The molecular weight excluding hydrogens is 338 g/mol. The van der Waals surface area contributed by atoms with E-state index in [2.05, 4.69) is 15.3 Å². The average Bonchev–Trinajstić information content (AvgIpc) is 2.99. The van der Waals surface area contributed by atoms with Crippen LogP contribution >= 0.6 is 11.6 Å². The standard InChI is InChI=1S/C18H20ClN5O/c1-12-4-3-9-24-11-14(22-17(12)24)7-8-21-18(20)23-13-5-6-16(25-2)15(19)10-13/h3-6,9-11H,7-8H2,1-2H3,(H3,20,21,23). The van der Waals surface area contributed by atoms with Crippen molar-refractivity contribution < 1.29 is 4.74 Å². The average molecular weight is 358 g/mol. The smallest absolute Gasteiger partial charge is 0.193 e. The number of benzene rings is 1. The molecule has 3 N–H and O–H groups in total. The van der Waals surface area contributed by atoms with Crippen molar-refractivity contribution in [3.8, 4) is 5.75 Å². The minimum atomic E-state index is 0.334. The Morgan fingerprint density at radius 2 is 2.24 bits per heavy atom. The molecule has 0 spiro atoms. The molecule has 0 fully saturated rings. The lowest BCUT2D eigenvalue weighted by molar-refractivity contribution is 0.415. The number of aromatic nitrogens is 2. The minimum absolute atomic E-state index is 0.334. The highest BCUT2D eigenvalue weighted by Gasteiger charge is 2.04. The van der Waals surface area contributed by atoms with E-state index in [1.807, 2.05) is 41.9 Å². The van der Waals surface area contributed by atoms with Gasteiger partial charge in [-0.25, -0.2) is 4.98 Å². The van der Waals surface area contributed by atoms with E-state index in [4.69, 9.17) is 22.1 Å². The van der Waals surface area contributed by atoms with Crippen LogP contribution in [0.15, 0.2) is 47.7 Å². The van der Waals surface area contributed by atoms with Crippen LogP contribution in [0.4, 0.5) is 5.69 Å². The molecule has 0 amide bonds. The lowest BCUT2D eigenvalue weighted by Crippen LogP contribution is -2.23. The maximum absolute atomic E-state index is 6.09. The van der Waals surface area contributed by atoms with E-state index in [1.165, 1.54) is 0 Å². The van der Waals surface area contributed by atoms with E-state index in [-0.39, 0.29) is 0 Å². The third kappa shape index (κ3) is 4.03. The van der Waals surface area contributed by atoms with E-state index in [1.54, 1.807) is 19.2 Å². The first-order valence-electron chi connectivity index (χ1n) is 7.90. The van der Waals surface area contributed by atoms with Crippen molar-refractivity contribution >= 4 is 28.9 Å². The molecule has 0 radical (unpaired) electrons. The van der Waals surface area contributed by atoms with Crippen molar-refractivity contribution in [2.75, 3.05) is 19.0 Å². The summed E-state index contributed by atoms with van der Waals surface area (Å²) in [4.78, 5) is 8.96. The number of guanidine groups is 1. The van der Waals surface area contributed by atoms with Crippen molar-refractivity contribution in [1.29, 1.82) is 0 Å². The number of aryl methyl sites for hydroxylation is 1. The Kier molecular flexibility index (Phi) is 5.09. The van der Waals surface area contributed by atoms with Crippen LogP contribution in [0.3, 0.4) is 0 Å². The SMILES string of the molecule is COc1ccc(NC(N)=NCCc2cn3cccc(C)c3n2)cc1Cl. The largest absolute Gasteiger partial charge is 0.495 e. The topological polar surface area (TPSA) is 76.9 Å². The van der Waals surface area contributed by atoms with E-state index < -0.39 is 0 Å². The number of hydrogen-bond donors (Lipinski definition) is 2. The van der Waals surface area contributed by atoms with Gasteiger partial charge < -0.3 is 20.2 Å². The van der Waals surface area contributed by atoms with Gasteiger partial charge in [-0.05, 0) is 36.8 Å². The molecular formula is C18H20ClN5O. The van der Waals surface area contributed by atoms with Crippen molar-refractivity contribution in [1.82, 2.24) is 9.38 Å². The highest BCUT2D eigenvalue weighted by molar-refractivity contribution is 6.32. The second-order valence-corrected chi connectivity index (χ2v) is 6.05. The highest BCUT2D eigenvalue weighted by Crippen LogP contribution is 2.27. The number of nitrogens with two attached hydrogens (primary N) is 1. The summed E-state index contributed by atoms with van der Waals surface area (Å²) in [6.07, 6.45) is 4.73. The van der Waals surface area contributed by atoms with Crippen LogP contribution in [0.5, 0.6) is 5.75 Å². The normalized spacial score (nSPS) is 11.7. The molecule has 2 aromatic heterocycles. The summed E-state index contributed by atoms with van der Waals surface area (Å²) in [7, 11) is 1.57. The van der Waals surface area contributed by atoms with Gasteiger partial charge in [0.25, 0.3) is 0 Å². The van der Waals surface area contributed by atoms with E-state index in [0.29, 0.717) is 29.7 Å². The van der Waals surface area contributed by atoms with Gasteiger partial charge in [0.1, 0.15) is 11.4 Å². The van der Waals surface area contributed by atoms with Crippen molar-refractivity contribution in [3.63, 3.8) is 0 Å². The number of fused-ring (bicyclic) bond motifs is 1. The lowest BCUT2D eigenvalue weighted by Gasteiger charge is -2.08. The molecule has 25 heavy (non-hydrogen) atoms. The maximum Gasteiger partial charge on any atom is 0.193 e. The van der Waals surface area contributed by atoms with E-state index >= 15 is 0 Å². The molecule has 3 rings (SSSR count). The lowest BCUT2D eigenvalue weighted by atomic mass is 10.3. The van der Waals surface area contributed by atoms with Gasteiger partial charge in [0.15, 0.2) is 5.96 Å². The fourth-order valence-electron chi connectivity index (χ4n) is 2.55. The van der Waals surface area contributed by atoms with Gasteiger partial charge in [-0.3, -0.25) is 4.99 Å². The zero-order valence-electron chi connectivity index (χ0n) is 14.2. The van der Waals surface area contributed by atoms with Crippen LogP contribution in [0.1, 0.15) is 11.3 Å². The maximum atomic E-state index is 6.09. The summed E-state index contributed by atoms with van der Waals surface area (Å²) in [6, 6.07) is 9.41. The Bertz CT molecular complexity index is 919. The fraction of sp³-hybridized carbons (Fsp3) is 0.222. The minimum Gasteiger partial charge on any atom is -0.495 e. The molecule has 1 aromatic carbocycles. The predicted molar refractivity (Wildman–Crippen MR) is 102 cm³/mol. The molecule has 0 bridgehead atoms. The summed E-state index contributed by atoms with van der Waals surface area (Å²) < 4.78 is 7.15. The molecule has 130 valence electrons. The Morgan fingerprint density at radius 3 is 2.96 bits per heavy atom. The Hall–Kier alpha value is -2.73. The number of halogens is 1. The molecule has 0 saturated heterocycles. The van der Waals surface area contributed by atoms with Crippen LogP contribution in [0.2, 0.25) is 5.02 Å². The number of imidazole rings is 1. The quantitative estimate of drug-likeness (QED) is 0.542. The van der Waals surface area contributed by atoms with Gasteiger partial charge in [-0.15, -0.1) is 0 Å². The fourth-order valence-corrected chi connectivity index (χ4v) is 2.80. The van der Waals surface area contributed by atoms with Crippen LogP contribution in [0, 0.1) is 6.92 Å². The molecule has 7 heteroatoms. The third-order valence-corrected chi connectivity index (χ3v) is 4.10. The first-order valence-corrected chi connectivity index (χ1v) is 8.28. The third-order valence-electron chi connectivity index (χ3n) is 3.80. The first kappa shape index (κ1) is 17.1. The summed E-state index contributed by atoms with van der Waals surface area (Å²) in [5.74, 6) is 0.950. The van der Waals surface area contributed by atoms with Gasteiger partial charge in [-0.1, -0.05) is 17.7 Å². The van der Waals surface area contributed by atoms with Gasteiger partial charge in [0.2, 0.25) is 0 Å². The first-order chi connectivity index (χ1) is 12.1. The number of rotatable bonds is 5. The van der Waals surface area contributed by atoms with Crippen molar-refractivity contribution in [2.45, 2.75) is 13.3 Å². The molecule has 6 nitrogen and oxygen atoms in total. The molecule has 3 aromatic rings. The molecule has 0 atom stereocenters. The summed E-state index contributed by atoms with van der Waals surface area (Å²) in [5, 5.41) is 3.53.